The Morgan fingerprint density at radius 3 is 2.39 bits per heavy atom. The van der Waals surface area contributed by atoms with Crippen molar-refractivity contribution < 1.29 is 9.59 Å². The molecule has 1 aliphatic rings. The van der Waals surface area contributed by atoms with Crippen LogP contribution in [-0.4, -0.2) is 18.4 Å². The first-order valence-electron chi connectivity index (χ1n) is 8.49. The maximum atomic E-state index is 12.5. The van der Waals surface area contributed by atoms with Gasteiger partial charge in [0.1, 0.15) is 0 Å². The van der Waals surface area contributed by atoms with E-state index in [0.717, 1.165) is 16.8 Å². The molecule has 1 aromatic rings. The first-order valence-corrected chi connectivity index (χ1v) is 8.49. The van der Waals surface area contributed by atoms with Gasteiger partial charge in [-0.3, -0.25) is 9.59 Å². The van der Waals surface area contributed by atoms with Crippen LogP contribution in [0.4, 0.5) is 5.69 Å². The van der Waals surface area contributed by atoms with Gasteiger partial charge in [-0.15, -0.1) is 0 Å². The molecular formula is C19H28N2O2. The molecule has 0 aromatic heterocycles. The highest BCUT2D eigenvalue weighted by molar-refractivity contribution is 6.00. The second-order valence-electron chi connectivity index (χ2n) is 7.27. The minimum absolute atomic E-state index is 0.00715. The molecule has 4 heteroatoms. The summed E-state index contributed by atoms with van der Waals surface area (Å²) in [5.41, 5.74) is 3.10. The molecule has 0 bridgehead atoms. The second kappa shape index (κ2) is 7.16. The SMILES string of the molecule is Cc1cccc(C(C)C)c1NC(=O)C1CC1C(=O)NCC(C)C. The van der Waals surface area contributed by atoms with Gasteiger partial charge in [0.25, 0.3) is 0 Å². The van der Waals surface area contributed by atoms with Crippen LogP contribution in [0.15, 0.2) is 18.2 Å². The summed E-state index contributed by atoms with van der Waals surface area (Å²) in [5, 5.41) is 5.97. The maximum absolute atomic E-state index is 12.5. The summed E-state index contributed by atoms with van der Waals surface area (Å²) in [7, 11) is 0. The lowest BCUT2D eigenvalue weighted by atomic mass is 9.98. The maximum Gasteiger partial charge on any atom is 0.228 e. The highest BCUT2D eigenvalue weighted by Crippen LogP contribution is 2.40. The van der Waals surface area contributed by atoms with Crippen LogP contribution in [0.2, 0.25) is 0 Å². The molecule has 0 radical (unpaired) electrons. The van der Waals surface area contributed by atoms with Crippen LogP contribution < -0.4 is 10.6 Å². The van der Waals surface area contributed by atoms with E-state index in [1.54, 1.807) is 0 Å². The number of carbonyl (C=O) groups is 2. The molecule has 2 N–H and O–H groups in total. The molecule has 1 aromatic carbocycles. The fourth-order valence-corrected chi connectivity index (χ4v) is 2.77. The fraction of sp³-hybridized carbons (Fsp3) is 0.579. The monoisotopic (exact) mass is 316 g/mol. The number of amides is 2. The number of aryl methyl sites for hydroxylation is 1. The van der Waals surface area contributed by atoms with Gasteiger partial charge >= 0.3 is 0 Å². The van der Waals surface area contributed by atoms with Crippen LogP contribution >= 0.6 is 0 Å². The van der Waals surface area contributed by atoms with Gasteiger partial charge in [-0.05, 0) is 36.3 Å². The number of para-hydroxylation sites is 1. The second-order valence-corrected chi connectivity index (χ2v) is 7.27. The van der Waals surface area contributed by atoms with Crippen LogP contribution in [0.1, 0.15) is 51.2 Å². The van der Waals surface area contributed by atoms with Crippen molar-refractivity contribution in [2.24, 2.45) is 17.8 Å². The van der Waals surface area contributed by atoms with Gasteiger partial charge in [-0.2, -0.15) is 0 Å². The van der Waals surface area contributed by atoms with Crippen LogP contribution in [0.5, 0.6) is 0 Å². The first kappa shape index (κ1) is 17.5. The Balaban J connectivity index is 1.98. The van der Waals surface area contributed by atoms with Crippen molar-refractivity contribution in [2.45, 2.75) is 47.0 Å². The lowest BCUT2D eigenvalue weighted by Crippen LogP contribution is -2.30. The van der Waals surface area contributed by atoms with Gasteiger partial charge in [0.15, 0.2) is 0 Å². The third-order valence-corrected chi connectivity index (χ3v) is 4.32. The molecule has 1 fully saturated rings. The van der Waals surface area contributed by atoms with Crippen LogP contribution in [0, 0.1) is 24.7 Å². The summed E-state index contributed by atoms with van der Waals surface area (Å²) >= 11 is 0. The number of rotatable bonds is 6. The molecule has 0 saturated heterocycles. The molecule has 2 unspecified atom stereocenters. The molecule has 126 valence electrons. The largest absolute Gasteiger partial charge is 0.356 e. The normalized spacial score (nSPS) is 19.8. The van der Waals surface area contributed by atoms with E-state index in [0.29, 0.717) is 24.8 Å². The molecule has 0 spiro atoms. The van der Waals surface area contributed by atoms with Crippen molar-refractivity contribution in [2.75, 3.05) is 11.9 Å². The average molecular weight is 316 g/mol. The Morgan fingerprint density at radius 2 is 1.78 bits per heavy atom. The van der Waals surface area contributed by atoms with Gasteiger partial charge in [-0.1, -0.05) is 45.9 Å². The number of nitrogens with one attached hydrogen (secondary N) is 2. The third kappa shape index (κ3) is 4.34. The number of carbonyl (C=O) groups excluding carboxylic acids is 2. The number of benzene rings is 1. The number of anilines is 1. The molecule has 2 amide bonds. The zero-order valence-corrected chi connectivity index (χ0v) is 14.8. The van der Waals surface area contributed by atoms with Crippen LogP contribution in [0.3, 0.4) is 0 Å². The third-order valence-electron chi connectivity index (χ3n) is 4.32. The lowest BCUT2D eigenvalue weighted by Gasteiger charge is -2.16. The Kier molecular flexibility index (Phi) is 5.45. The fourth-order valence-electron chi connectivity index (χ4n) is 2.77. The van der Waals surface area contributed by atoms with E-state index in [-0.39, 0.29) is 23.7 Å². The van der Waals surface area contributed by atoms with Crippen molar-refractivity contribution in [3.05, 3.63) is 29.3 Å². The predicted octanol–water partition coefficient (Wildman–Crippen LogP) is 3.47. The van der Waals surface area contributed by atoms with Gasteiger partial charge < -0.3 is 10.6 Å². The van der Waals surface area contributed by atoms with Crippen molar-refractivity contribution in [3.63, 3.8) is 0 Å². The standard InChI is InChI=1S/C19H28N2O2/c1-11(2)10-20-18(22)15-9-16(15)19(23)21-17-13(5)7-6-8-14(17)12(3)4/h6-8,11-12,15-16H,9-10H2,1-5H3,(H,20,22)(H,21,23). The van der Waals surface area contributed by atoms with Crippen molar-refractivity contribution in [3.8, 4) is 0 Å². The first-order chi connectivity index (χ1) is 10.8. The Labute approximate surface area is 139 Å². The Morgan fingerprint density at radius 1 is 1.13 bits per heavy atom. The van der Waals surface area contributed by atoms with E-state index in [4.69, 9.17) is 0 Å². The van der Waals surface area contributed by atoms with Crippen molar-refractivity contribution in [1.82, 2.24) is 5.32 Å². The lowest BCUT2D eigenvalue weighted by molar-refractivity contribution is -0.125. The summed E-state index contributed by atoms with van der Waals surface area (Å²) in [4.78, 5) is 24.5. The summed E-state index contributed by atoms with van der Waals surface area (Å²) in [6.45, 7) is 11.0. The van der Waals surface area contributed by atoms with E-state index in [1.807, 2.05) is 25.1 Å². The number of hydrogen-bond acceptors (Lipinski definition) is 2. The smallest absolute Gasteiger partial charge is 0.228 e. The van der Waals surface area contributed by atoms with E-state index >= 15 is 0 Å². The van der Waals surface area contributed by atoms with Crippen molar-refractivity contribution >= 4 is 17.5 Å². The van der Waals surface area contributed by atoms with Gasteiger partial charge in [0.05, 0.1) is 11.8 Å². The highest BCUT2D eigenvalue weighted by Gasteiger charge is 2.48. The van der Waals surface area contributed by atoms with Crippen molar-refractivity contribution in [1.29, 1.82) is 0 Å². The molecule has 4 nitrogen and oxygen atoms in total. The molecule has 23 heavy (non-hydrogen) atoms. The molecule has 1 saturated carbocycles. The molecule has 2 atom stereocenters. The van der Waals surface area contributed by atoms with Crippen LogP contribution in [-0.2, 0) is 9.59 Å². The van der Waals surface area contributed by atoms with Gasteiger partial charge in [0.2, 0.25) is 11.8 Å². The molecule has 1 aliphatic carbocycles. The quantitative estimate of drug-likeness (QED) is 0.844. The summed E-state index contributed by atoms with van der Waals surface area (Å²) in [6, 6.07) is 6.06. The van der Waals surface area contributed by atoms with Crippen LogP contribution in [0.25, 0.3) is 0 Å². The van der Waals surface area contributed by atoms with E-state index in [2.05, 4.69) is 38.3 Å². The van der Waals surface area contributed by atoms with E-state index in [9.17, 15) is 9.59 Å². The summed E-state index contributed by atoms with van der Waals surface area (Å²) < 4.78 is 0. The number of hydrogen-bond donors (Lipinski definition) is 2. The summed E-state index contributed by atoms with van der Waals surface area (Å²) in [6.07, 6.45) is 0.651. The Hall–Kier alpha value is -1.84. The predicted molar refractivity (Wildman–Crippen MR) is 93.3 cm³/mol. The van der Waals surface area contributed by atoms with Gasteiger partial charge in [-0.25, -0.2) is 0 Å². The van der Waals surface area contributed by atoms with Gasteiger partial charge in [0, 0.05) is 12.2 Å². The van der Waals surface area contributed by atoms with E-state index < -0.39 is 0 Å². The molecule has 0 heterocycles. The minimum Gasteiger partial charge on any atom is -0.356 e. The molecular weight excluding hydrogens is 288 g/mol. The zero-order valence-electron chi connectivity index (χ0n) is 14.8. The minimum atomic E-state index is -0.193. The average Bonchev–Trinajstić information content (AvgIpc) is 3.27. The molecule has 0 aliphatic heterocycles. The summed E-state index contributed by atoms with van der Waals surface area (Å²) in [5.74, 6) is 0.376. The Bertz CT molecular complexity index is 593. The topological polar surface area (TPSA) is 58.2 Å². The zero-order chi connectivity index (χ0) is 17.1. The molecule has 2 rings (SSSR count). The van der Waals surface area contributed by atoms with E-state index in [1.165, 1.54) is 0 Å². The highest BCUT2D eigenvalue weighted by atomic mass is 16.2.